The van der Waals surface area contributed by atoms with E-state index in [9.17, 15) is 13.2 Å². The number of nitrogens with zero attached hydrogens (tertiary/aromatic N) is 2. The van der Waals surface area contributed by atoms with E-state index in [1.54, 1.807) is 18.2 Å². The van der Waals surface area contributed by atoms with Gasteiger partial charge < -0.3 is 5.53 Å². The minimum absolute atomic E-state index is 0.0674. The van der Waals surface area contributed by atoms with Gasteiger partial charge in [-0.3, -0.25) is 4.79 Å². The molecule has 0 aliphatic heterocycles. The molecular formula is C11H10N2O3S. The maximum Gasteiger partial charge on any atom is 0.362 e. The lowest BCUT2D eigenvalue weighted by molar-refractivity contribution is -0.114. The van der Waals surface area contributed by atoms with Crippen LogP contribution in [-0.2, 0) is 14.6 Å². The first-order valence-corrected chi connectivity index (χ1v) is 6.89. The Balaban J connectivity index is 2.56. The minimum Gasteiger partial charge on any atom is -0.361 e. The molecular weight excluding hydrogens is 240 g/mol. The molecule has 88 valence electrons. The molecule has 0 saturated heterocycles. The van der Waals surface area contributed by atoms with Gasteiger partial charge in [0, 0.05) is 23.8 Å². The predicted octanol–water partition coefficient (Wildman–Crippen LogP) is 0.671. The van der Waals surface area contributed by atoms with Crippen molar-refractivity contribution in [3.8, 4) is 0 Å². The number of allylic oxidation sites excluding steroid dienone is 6. The van der Waals surface area contributed by atoms with Crippen LogP contribution in [0.4, 0.5) is 0 Å². The highest BCUT2D eigenvalue weighted by molar-refractivity contribution is 7.94. The highest BCUT2D eigenvalue weighted by Crippen LogP contribution is 2.33. The number of Topliss-reactive ketones (excluding diaryl/α,β-unsaturated/α-hetero) is 1. The Bertz CT molecular complexity index is 632. The van der Waals surface area contributed by atoms with Gasteiger partial charge in [-0.15, -0.1) is 0 Å². The van der Waals surface area contributed by atoms with Crippen LogP contribution in [0.2, 0.25) is 0 Å². The van der Waals surface area contributed by atoms with Gasteiger partial charge in [-0.2, -0.15) is 4.79 Å². The molecule has 0 radical (unpaired) electrons. The summed E-state index contributed by atoms with van der Waals surface area (Å²) in [6.45, 7) is 0. The fourth-order valence-corrected chi connectivity index (χ4v) is 3.08. The monoisotopic (exact) mass is 250 g/mol. The molecule has 5 nitrogen and oxygen atoms in total. The molecule has 0 fully saturated rings. The van der Waals surface area contributed by atoms with E-state index in [-0.39, 0.29) is 10.6 Å². The summed E-state index contributed by atoms with van der Waals surface area (Å²) in [5.41, 5.74) is 8.93. The van der Waals surface area contributed by atoms with E-state index < -0.39 is 21.5 Å². The Kier molecular flexibility index (Phi) is 2.69. The number of carbonyl (C=O) groups is 1. The standard InChI is InChI=1S/C11H10N2O3S/c1-17(15,16)10-4-2-3-8-7(10)5-6-9(13-12)11(8)14/h3-7H,2H2,1H3. The molecule has 1 atom stereocenters. The van der Waals surface area contributed by atoms with Gasteiger partial charge in [0.2, 0.25) is 0 Å². The topological polar surface area (TPSA) is 87.6 Å². The van der Waals surface area contributed by atoms with E-state index in [0.717, 1.165) is 6.26 Å². The highest BCUT2D eigenvalue weighted by Gasteiger charge is 2.37. The van der Waals surface area contributed by atoms with Crippen LogP contribution < -0.4 is 0 Å². The van der Waals surface area contributed by atoms with E-state index in [1.165, 1.54) is 6.08 Å². The molecule has 17 heavy (non-hydrogen) atoms. The molecule has 2 aliphatic carbocycles. The van der Waals surface area contributed by atoms with E-state index in [2.05, 4.69) is 4.79 Å². The molecule has 0 aromatic heterocycles. The molecule has 0 spiro atoms. The first kappa shape index (κ1) is 11.7. The van der Waals surface area contributed by atoms with Crippen LogP contribution in [0.5, 0.6) is 0 Å². The second-order valence-corrected chi connectivity index (χ2v) is 5.94. The molecule has 2 aliphatic rings. The molecule has 0 amide bonds. The minimum atomic E-state index is -3.33. The van der Waals surface area contributed by atoms with Crippen LogP contribution in [0.15, 0.2) is 34.8 Å². The maximum absolute atomic E-state index is 11.8. The summed E-state index contributed by atoms with van der Waals surface area (Å²) in [6, 6.07) is 0. The Hall–Kier alpha value is -1.78. The number of hydrogen-bond donors (Lipinski definition) is 0. The Labute approximate surface area is 98.7 Å². The lowest BCUT2D eigenvalue weighted by atomic mass is 9.84. The second-order valence-electron chi connectivity index (χ2n) is 3.92. The Morgan fingerprint density at radius 1 is 1.41 bits per heavy atom. The van der Waals surface area contributed by atoms with Crippen molar-refractivity contribution < 1.29 is 18.0 Å². The molecule has 2 rings (SSSR count). The quantitative estimate of drug-likeness (QED) is 0.506. The number of ketones is 1. The molecule has 1 unspecified atom stereocenters. The third-order valence-corrected chi connectivity index (χ3v) is 4.05. The van der Waals surface area contributed by atoms with Crippen molar-refractivity contribution in [2.45, 2.75) is 6.42 Å². The third-order valence-electron chi connectivity index (χ3n) is 2.78. The van der Waals surface area contributed by atoms with Crippen LogP contribution in [0.3, 0.4) is 0 Å². The summed E-state index contributed by atoms with van der Waals surface area (Å²) in [5, 5.41) is 0. The number of hydrogen-bond acceptors (Lipinski definition) is 3. The molecule has 6 heteroatoms. The largest absolute Gasteiger partial charge is 0.362 e. The van der Waals surface area contributed by atoms with Crippen molar-refractivity contribution in [2.75, 3.05) is 6.26 Å². The van der Waals surface area contributed by atoms with Crippen LogP contribution >= 0.6 is 0 Å². The van der Waals surface area contributed by atoms with Crippen LogP contribution in [0, 0.1) is 5.92 Å². The van der Waals surface area contributed by atoms with Gasteiger partial charge in [0.05, 0.1) is 4.91 Å². The summed E-state index contributed by atoms with van der Waals surface area (Å²) in [5.74, 6) is -0.967. The summed E-state index contributed by atoms with van der Waals surface area (Å²) in [4.78, 5) is 14.9. The van der Waals surface area contributed by atoms with Crippen LogP contribution in [-0.4, -0.2) is 31.0 Å². The molecule has 0 heterocycles. The highest BCUT2D eigenvalue weighted by atomic mass is 32.2. The number of carbonyl (C=O) groups excluding carboxylic acids is 1. The molecule has 0 saturated carbocycles. The van der Waals surface area contributed by atoms with Crippen molar-refractivity contribution in [2.24, 2.45) is 5.92 Å². The van der Waals surface area contributed by atoms with Crippen molar-refractivity contribution in [1.29, 1.82) is 0 Å². The molecule has 0 bridgehead atoms. The number of sulfone groups is 1. The van der Waals surface area contributed by atoms with E-state index in [4.69, 9.17) is 5.53 Å². The molecule has 0 N–H and O–H groups in total. The van der Waals surface area contributed by atoms with Crippen molar-refractivity contribution >= 4 is 21.3 Å². The van der Waals surface area contributed by atoms with Gasteiger partial charge in [-0.05, 0) is 6.42 Å². The van der Waals surface area contributed by atoms with Crippen LogP contribution in [0.25, 0.3) is 5.53 Å². The predicted molar refractivity (Wildman–Crippen MR) is 61.9 cm³/mol. The summed E-state index contributed by atoms with van der Waals surface area (Å²) < 4.78 is 23.2. The SMILES string of the molecule is CS(=O)(=O)C1=CCC=C2C(=O)C(=[N+]=[N-])C=CC21. The lowest BCUT2D eigenvalue weighted by Gasteiger charge is -2.22. The normalized spacial score (nSPS) is 23.7. The van der Waals surface area contributed by atoms with E-state index in [1.807, 2.05) is 0 Å². The van der Waals surface area contributed by atoms with Gasteiger partial charge in [-0.25, -0.2) is 8.42 Å². The van der Waals surface area contributed by atoms with Gasteiger partial charge in [0.1, 0.15) is 0 Å². The fraction of sp³-hybridized carbons (Fsp3) is 0.273. The molecule has 0 aromatic rings. The molecule has 0 aromatic carbocycles. The average Bonchev–Trinajstić information content (AvgIpc) is 2.28. The summed E-state index contributed by atoms with van der Waals surface area (Å²) in [7, 11) is -3.33. The Morgan fingerprint density at radius 3 is 2.71 bits per heavy atom. The van der Waals surface area contributed by atoms with Crippen molar-refractivity contribution in [3.63, 3.8) is 0 Å². The lowest BCUT2D eigenvalue weighted by Crippen LogP contribution is -2.29. The maximum atomic E-state index is 11.8. The fourth-order valence-electron chi connectivity index (χ4n) is 2.01. The number of fused-ring (bicyclic) bond motifs is 1. The number of rotatable bonds is 1. The first-order chi connectivity index (χ1) is 7.95. The summed E-state index contributed by atoms with van der Waals surface area (Å²) in [6.07, 6.45) is 7.68. The van der Waals surface area contributed by atoms with E-state index >= 15 is 0 Å². The zero-order chi connectivity index (χ0) is 12.6. The van der Waals surface area contributed by atoms with E-state index in [0.29, 0.717) is 12.0 Å². The third kappa shape index (κ3) is 1.92. The smallest absolute Gasteiger partial charge is 0.361 e. The van der Waals surface area contributed by atoms with Gasteiger partial charge >= 0.3 is 5.71 Å². The van der Waals surface area contributed by atoms with Gasteiger partial charge in [-0.1, -0.05) is 18.2 Å². The second kappa shape index (κ2) is 3.91. The first-order valence-electron chi connectivity index (χ1n) is 5.00. The van der Waals surface area contributed by atoms with Gasteiger partial charge in [0.25, 0.3) is 5.78 Å². The zero-order valence-electron chi connectivity index (χ0n) is 9.12. The van der Waals surface area contributed by atoms with Crippen molar-refractivity contribution in [1.82, 2.24) is 0 Å². The van der Waals surface area contributed by atoms with Crippen molar-refractivity contribution in [3.05, 3.63) is 40.3 Å². The zero-order valence-corrected chi connectivity index (χ0v) is 9.94. The van der Waals surface area contributed by atoms with Crippen LogP contribution in [0.1, 0.15) is 6.42 Å². The Morgan fingerprint density at radius 2 is 2.12 bits per heavy atom. The summed E-state index contributed by atoms with van der Waals surface area (Å²) >= 11 is 0. The van der Waals surface area contributed by atoms with Gasteiger partial charge in [0.15, 0.2) is 9.84 Å². The average molecular weight is 250 g/mol.